The van der Waals surface area contributed by atoms with Crippen molar-refractivity contribution < 1.29 is 18.7 Å². The lowest BCUT2D eigenvalue weighted by atomic mass is 10.1. The lowest BCUT2D eigenvalue weighted by Crippen LogP contribution is -2.36. The molecule has 0 heterocycles. The number of hydrogen-bond donors (Lipinski definition) is 1. The van der Waals surface area contributed by atoms with E-state index in [1.165, 1.54) is 25.1 Å². The average molecular weight is 366 g/mol. The summed E-state index contributed by atoms with van der Waals surface area (Å²) in [7, 11) is 0. The number of carbonyl (C=O) groups is 2. The fourth-order valence-electron chi connectivity index (χ4n) is 2.22. The van der Waals surface area contributed by atoms with E-state index in [1.807, 2.05) is 6.07 Å². The Labute approximate surface area is 157 Å². The number of rotatable bonds is 7. The van der Waals surface area contributed by atoms with Crippen LogP contribution in [0.4, 0.5) is 4.39 Å². The van der Waals surface area contributed by atoms with Crippen molar-refractivity contribution >= 4 is 18.0 Å². The second-order valence-corrected chi connectivity index (χ2v) is 5.81. The minimum absolute atomic E-state index is 0.308. The van der Waals surface area contributed by atoms with Gasteiger partial charge in [-0.1, -0.05) is 24.3 Å². The monoisotopic (exact) mass is 366 g/mol. The quantitative estimate of drug-likeness (QED) is 0.603. The Kier molecular flexibility index (Phi) is 7.26. The molecule has 2 aromatic carbocycles. The van der Waals surface area contributed by atoms with Crippen LogP contribution >= 0.6 is 0 Å². The summed E-state index contributed by atoms with van der Waals surface area (Å²) in [5.41, 5.74) is 2.16. The summed E-state index contributed by atoms with van der Waals surface area (Å²) >= 11 is 0. The number of benzene rings is 2. The number of nitriles is 1. The third-order valence-corrected chi connectivity index (χ3v) is 3.74. The van der Waals surface area contributed by atoms with Crippen molar-refractivity contribution in [3.63, 3.8) is 0 Å². The van der Waals surface area contributed by atoms with E-state index in [-0.39, 0.29) is 5.82 Å². The minimum atomic E-state index is -0.934. The molecule has 2 aromatic rings. The molecule has 0 fully saturated rings. The zero-order valence-electron chi connectivity index (χ0n) is 14.8. The Hall–Kier alpha value is -3.46. The van der Waals surface area contributed by atoms with Crippen LogP contribution in [0, 0.1) is 17.1 Å². The van der Waals surface area contributed by atoms with Crippen LogP contribution in [0.3, 0.4) is 0 Å². The molecule has 1 amide bonds. The summed E-state index contributed by atoms with van der Waals surface area (Å²) in [5.74, 6) is -1.35. The topological polar surface area (TPSA) is 79.2 Å². The molecule has 1 atom stereocenters. The molecule has 2 rings (SSSR count). The number of esters is 1. The molecule has 138 valence electrons. The first-order valence-electron chi connectivity index (χ1n) is 8.39. The van der Waals surface area contributed by atoms with E-state index >= 15 is 0 Å². The highest BCUT2D eigenvalue weighted by Gasteiger charge is 2.15. The summed E-state index contributed by atoms with van der Waals surface area (Å²) < 4.78 is 17.9. The van der Waals surface area contributed by atoms with Crippen LogP contribution in [0.15, 0.2) is 54.6 Å². The second-order valence-electron chi connectivity index (χ2n) is 5.81. The van der Waals surface area contributed by atoms with Gasteiger partial charge in [0.15, 0.2) is 6.10 Å². The number of amides is 1. The van der Waals surface area contributed by atoms with E-state index in [0.29, 0.717) is 18.5 Å². The maximum atomic E-state index is 12.8. The van der Waals surface area contributed by atoms with Crippen molar-refractivity contribution in [2.75, 3.05) is 6.54 Å². The predicted molar refractivity (Wildman–Crippen MR) is 98.9 cm³/mol. The molecular formula is C21H19FN2O3. The van der Waals surface area contributed by atoms with Gasteiger partial charge >= 0.3 is 5.97 Å². The van der Waals surface area contributed by atoms with Crippen LogP contribution < -0.4 is 5.32 Å². The van der Waals surface area contributed by atoms with E-state index in [4.69, 9.17) is 10.00 Å². The molecule has 0 aliphatic heterocycles. The smallest absolute Gasteiger partial charge is 0.331 e. The predicted octanol–water partition coefficient (Wildman–Crippen LogP) is 3.00. The lowest BCUT2D eigenvalue weighted by Gasteiger charge is -2.12. The Bertz CT molecular complexity index is 852. The normalized spacial score (nSPS) is 11.6. The van der Waals surface area contributed by atoms with Gasteiger partial charge in [-0.15, -0.1) is 0 Å². The van der Waals surface area contributed by atoms with Crippen molar-refractivity contribution in [3.8, 4) is 6.07 Å². The number of hydrogen-bond acceptors (Lipinski definition) is 4. The first-order chi connectivity index (χ1) is 13.0. The van der Waals surface area contributed by atoms with Crippen LogP contribution in [0.2, 0.25) is 0 Å². The van der Waals surface area contributed by atoms with Crippen molar-refractivity contribution in [2.45, 2.75) is 19.4 Å². The zero-order chi connectivity index (χ0) is 19.6. The van der Waals surface area contributed by atoms with Gasteiger partial charge in [0, 0.05) is 12.6 Å². The summed E-state index contributed by atoms with van der Waals surface area (Å²) in [5, 5.41) is 11.4. The van der Waals surface area contributed by atoms with Gasteiger partial charge in [0.05, 0.1) is 11.6 Å². The van der Waals surface area contributed by atoms with Gasteiger partial charge in [-0.3, -0.25) is 4.79 Å². The van der Waals surface area contributed by atoms with Gasteiger partial charge in [-0.05, 0) is 54.8 Å². The molecule has 0 bridgehead atoms. The second kappa shape index (κ2) is 9.88. The van der Waals surface area contributed by atoms with Crippen molar-refractivity contribution in [3.05, 3.63) is 77.1 Å². The van der Waals surface area contributed by atoms with E-state index in [0.717, 1.165) is 11.1 Å². The van der Waals surface area contributed by atoms with Crippen LogP contribution in [-0.4, -0.2) is 24.5 Å². The molecule has 5 nitrogen and oxygen atoms in total. The van der Waals surface area contributed by atoms with Gasteiger partial charge < -0.3 is 10.1 Å². The van der Waals surface area contributed by atoms with Crippen molar-refractivity contribution in [1.82, 2.24) is 5.32 Å². The fraction of sp³-hybridized carbons (Fsp3) is 0.190. The molecule has 0 aliphatic rings. The Morgan fingerprint density at radius 3 is 2.48 bits per heavy atom. The maximum absolute atomic E-state index is 12.8. The average Bonchev–Trinajstić information content (AvgIpc) is 2.68. The van der Waals surface area contributed by atoms with Crippen LogP contribution in [0.25, 0.3) is 6.08 Å². The van der Waals surface area contributed by atoms with Crippen LogP contribution in [0.5, 0.6) is 0 Å². The van der Waals surface area contributed by atoms with Crippen molar-refractivity contribution in [1.29, 1.82) is 5.26 Å². The van der Waals surface area contributed by atoms with E-state index < -0.39 is 18.0 Å². The lowest BCUT2D eigenvalue weighted by molar-refractivity contribution is -0.150. The first-order valence-corrected chi connectivity index (χ1v) is 8.39. The molecule has 0 aromatic heterocycles. The third-order valence-electron chi connectivity index (χ3n) is 3.74. The largest absolute Gasteiger partial charge is 0.449 e. The minimum Gasteiger partial charge on any atom is -0.449 e. The van der Waals surface area contributed by atoms with E-state index in [2.05, 4.69) is 5.32 Å². The zero-order valence-corrected chi connectivity index (χ0v) is 14.8. The molecule has 0 unspecified atom stereocenters. The van der Waals surface area contributed by atoms with Gasteiger partial charge in [-0.2, -0.15) is 5.26 Å². The molecule has 0 spiro atoms. The number of carbonyl (C=O) groups excluding carboxylic acids is 2. The van der Waals surface area contributed by atoms with E-state index in [1.54, 1.807) is 42.5 Å². The molecule has 6 heteroatoms. The highest BCUT2D eigenvalue weighted by atomic mass is 19.1. The van der Waals surface area contributed by atoms with Crippen LogP contribution in [0.1, 0.15) is 23.6 Å². The SMILES string of the molecule is C[C@@H](OC(=O)/C=C/c1ccc(C#N)cc1)C(=O)NCCc1ccc(F)cc1. The summed E-state index contributed by atoms with van der Waals surface area (Å²) in [6.45, 7) is 1.84. The molecule has 0 saturated heterocycles. The summed E-state index contributed by atoms with van der Waals surface area (Å²) in [4.78, 5) is 23.8. The molecule has 0 aliphatic carbocycles. The summed E-state index contributed by atoms with van der Waals surface area (Å²) in [6, 6.07) is 14.7. The Balaban J connectivity index is 1.75. The fourth-order valence-corrected chi connectivity index (χ4v) is 2.22. The highest BCUT2D eigenvalue weighted by molar-refractivity contribution is 5.90. The van der Waals surface area contributed by atoms with Gasteiger partial charge in [0.25, 0.3) is 5.91 Å². The Morgan fingerprint density at radius 2 is 1.85 bits per heavy atom. The molecule has 27 heavy (non-hydrogen) atoms. The number of nitrogens with zero attached hydrogens (tertiary/aromatic N) is 1. The first kappa shape index (κ1) is 19.9. The number of halogens is 1. The molecule has 0 saturated carbocycles. The van der Waals surface area contributed by atoms with E-state index in [9.17, 15) is 14.0 Å². The van der Waals surface area contributed by atoms with Gasteiger partial charge in [0.1, 0.15) is 5.82 Å². The van der Waals surface area contributed by atoms with Gasteiger partial charge in [-0.25, -0.2) is 9.18 Å². The third kappa shape index (κ3) is 6.75. The standard InChI is InChI=1S/C21H19FN2O3/c1-15(21(26)24-13-12-17-6-9-19(22)10-7-17)27-20(25)11-8-16-2-4-18(14-23)5-3-16/h2-11,15H,12-13H2,1H3,(H,24,26)/b11-8+/t15-/m1/s1. The van der Waals surface area contributed by atoms with Crippen molar-refractivity contribution in [2.24, 2.45) is 0 Å². The van der Waals surface area contributed by atoms with Gasteiger partial charge in [0.2, 0.25) is 0 Å². The Morgan fingerprint density at radius 1 is 1.19 bits per heavy atom. The molecule has 0 radical (unpaired) electrons. The summed E-state index contributed by atoms with van der Waals surface area (Å²) in [6.07, 6.45) is 2.38. The molecular weight excluding hydrogens is 347 g/mol. The molecule has 1 N–H and O–H groups in total. The number of nitrogens with one attached hydrogen (secondary N) is 1. The highest BCUT2D eigenvalue weighted by Crippen LogP contribution is 2.06. The maximum Gasteiger partial charge on any atom is 0.331 e. The van der Waals surface area contributed by atoms with Crippen LogP contribution in [-0.2, 0) is 20.7 Å². The number of ether oxygens (including phenoxy) is 1.